The minimum Gasteiger partial charge on any atom is -0.487 e. The third kappa shape index (κ3) is 2.84. The van der Waals surface area contributed by atoms with Crippen LogP contribution in [-0.4, -0.2) is 14.6 Å². The number of hydrogen-bond donors (Lipinski definition) is 0. The molecule has 0 N–H and O–H groups in total. The Morgan fingerprint density at radius 2 is 1.91 bits per heavy atom. The number of aromatic nitrogens is 3. The van der Waals surface area contributed by atoms with E-state index < -0.39 is 0 Å². The van der Waals surface area contributed by atoms with Crippen molar-refractivity contribution in [3.8, 4) is 5.75 Å². The van der Waals surface area contributed by atoms with Crippen molar-refractivity contribution in [1.29, 1.82) is 0 Å². The zero-order valence-electron chi connectivity index (χ0n) is 12.4. The highest BCUT2D eigenvalue weighted by Crippen LogP contribution is 2.26. The topological polar surface area (TPSA) is 56.5 Å². The molecular formula is C15H14ClN3O2S. The molecule has 0 bridgehead atoms. The molecule has 0 unspecified atom stereocenters. The van der Waals surface area contributed by atoms with Gasteiger partial charge in [0.25, 0.3) is 5.56 Å². The van der Waals surface area contributed by atoms with Crippen LogP contribution < -0.4 is 10.3 Å². The zero-order chi connectivity index (χ0) is 15.9. The maximum atomic E-state index is 12.0. The third-order valence-electron chi connectivity index (χ3n) is 3.20. The van der Waals surface area contributed by atoms with Gasteiger partial charge in [-0.25, -0.2) is 4.98 Å². The molecule has 0 fully saturated rings. The average molecular weight is 336 g/mol. The molecule has 0 saturated heterocycles. The van der Waals surface area contributed by atoms with E-state index in [1.807, 2.05) is 32.9 Å². The first kappa shape index (κ1) is 15.0. The number of rotatable bonds is 3. The van der Waals surface area contributed by atoms with E-state index in [-0.39, 0.29) is 12.2 Å². The van der Waals surface area contributed by atoms with E-state index in [0.29, 0.717) is 16.4 Å². The fourth-order valence-corrected chi connectivity index (χ4v) is 3.05. The maximum Gasteiger partial charge on any atom is 0.275 e. The SMILES string of the molecule is Cc1nn2c(=O)cc(COc3cc(C)c(Cl)c(C)c3)nc2s1. The molecule has 0 atom stereocenters. The summed E-state index contributed by atoms with van der Waals surface area (Å²) in [6.45, 7) is 5.93. The van der Waals surface area contributed by atoms with Crippen molar-refractivity contribution in [2.45, 2.75) is 27.4 Å². The van der Waals surface area contributed by atoms with Gasteiger partial charge in [0.15, 0.2) is 0 Å². The number of ether oxygens (including phenoxy) is 1. The number of aryl methyl sites for hydroxylation is 3. The number of halogens is 1. The smallest absolute Gasteiger partial charge is 0.275 e. The summed E-state index contributed by atoms with van der Waals surface area (Å²) in [5.41, 5.74) is 2.30. The fourth-order valence-electron chi connectivity index (χ4n) is 2.17. The zero-order valence-corrected chi connectivity index (χ0v) is 14.0. The van der Waals surface area contributed by atoms with Crippen LogP contribution in [0.1, 0.15) is 21.8 Å². The van der Waals surface area contributed by atoms with Gasteiger partial charge in [-0.05, 0) is 44.0 Å². The molecule has 7 heteroatoms. The van der Waals surface area contributed by atoms with Gasteiger partial charge in [0.2, 0.25) is 4.96 Å². The van der Waals surface area contributed by atoms with E-state index in [2.05, 4.69) is 10.1 Å². The summed E-state index contributed by atoms with van der Waals surface area (Å²) >= 11 is 7.51. The summed E-state index contributed by atoms with van der Waals surface area (Å²) in [5, 5.41) is 5.65. The average Bonchev–Trinajstić information content (AvgIpc) is 2.83. The molecule has 0 aliphatic carbocycles. The van der Waals surface area contributed by atoms with E-state index in [4.69, 9.17) is 16.3 Å². The molecule has 22 heavy (non-hydrogen) atoms. The van der Waals surface area contributed by atoms with Crippen LogP contribution in [0.3, 0.4) is 0 Å². The quantitative estimate of drug-likeness (QED) is 0.737. The van der Waals surface area contributed by atoms with Crippen LogP contribution in [0.4, 0.5) is 0 Å². The molecule has 1 aromatic carbocycles. The van der Waals surface area contributed by atoms with Crippen LogP contribution in [0.15, 0.2) is 23.0 Å². The molecule has 2 aromatic heterocycles. The summed E-state index contributed by atoms with van der Waals surface area (Å²) in [4.78, 5) is 16.9. The van der Waals surface area contributed by atoms with Crippen molar-refractivity contribution in [3.63, 3.8) is 0 Å². The minimum atomic E-state index is -0.198. The Labute approximate surface area is 136 Å². The van der Waals surface area contributed by atoms with Gasteiger partial charge in [-0.2, -0.15) is 9.61 Å². The second-order valence-corrected chi connectivity index (χ2v) is 6.60. The van der Waals surface area contributed by atoms with Gasteiger partial charge < -0.3 is 4.74 Å². The van der Waals surface area contributed by atoms with Crippen LogP contribution in [0.2, 0.25) is 5.02 Å². The molecule has 0 amide bonds. The van der Waals surface area contributed by atoms with Crippen LogP contribution in [0, 0.1) is 20.8 Å². The molecule has 0 radical (unpaired) electrons. The van der Waals surface area contributed by atoms with Crippen molar-refractivity contribution in [1.82, 2.24) is 14.6 Å². The van der Waals surface area contributed by atoms with Crippen LogP contribution in [0.5, 0.6) is 5.75 Å². The monoisotopic (exact) mass is 335 g/mol. The highest BCUT2D eigenvalue weighted by Gasteiger charge is 2.08. The molecule has 0 saturated carbocycles. The summed E-state index contributed by atoms with van der Waals surface area (Å²) in [6, 6.07) is 5.19. The van der Waals surface area contributed by atoms with E-state index in [1.165, 1.54) is 21.9 Å². The predicted octanol–water partition coefficient (Wildman–Crippen LogP) is 3.31. The van der Waals surface area contributed by atoms with E-state index in [0.717, 1.165) is 21.2 Å². The van der Waals surface area contributed by atoms with Crippen molar-refractivity contribution >= 4 is 27.9 Å². The van der Waals surface area contributed by atoms with Crippen LogP contribution in [0.25, 0.3) is 4.96 Å². The van der Waals surface area contributed by atoms with Crippen molar-refractivity contribution in [2.75, 3.05) is 0 Å². The van der Waals surface area contributed by atoms with Gasteiger partial charge in [-0.15, -0.1) is 0 Å². The summed E-state index contributed by atoms with van der Waals surface area (Å²) in [7, 11) is 0. The van der Waals surface area contributed by atoms with Crippen molar-refractivity contribution in [3.05, 3.63) is 55.4 Å². The Morgan fingerprint density at radius 1 is 1.23 bits per heavy atom. The largest absolute Gasteiger partial charge is 0.487 e. The van der Waals surface area contributed by atoms with E-state index in [9.17, 15) is 4.79 Å². The Balaban J connectivity index is 1.86. The number of nitrogens with zero attached hydrogens (tertiary/aromatic N) is 3. The standard InChI is InChI=1S/C15H14ClN3O2S/c1-8-4-12(5-9(2)14(8)16)21-7-11-6-13(20)19-15(17-11)22-10(3)18-19/h4-6H,7H2,1-3H3. The van der Waals surface area contributed by atoms with Crippen molar-refractivity contribution < 1.29 is 4.74 Å². The lowest BCUT2D eigenvalue weighted by molar-refractivity contribution is 0.301. The van der Waals surface area contributed by atoms with Gasteiger partial charge in [-0.1, -0.05) is 22.9 Å². The number of fused-ring (bicyclic) bond motifs is 1. The summed E-state index contributed by atoms with van der Waals surface area (Å²) < 4.78 is 7.04. The first-order valence-corrected chi connectivity index (χ1v) is 7.89. The van der Waals surface area contributed by atoms with Crippen LogP contribution >= 0.6 is 22.9 Å². The Morgan fingerprint density at radius 3 is 2.59 bits per heavy atom. The fraction of sp³-hybridized carbons (Fsp3) is 0.267. The Kier molecular flexibility index (Phi) is 3.88. The normalized spacial score (nSPS) is 11.1. The maximum absolute atomic E-state index is 12.0. The lowest BCUT2D eigenvalue weighted by Gasteiger charge is -2.09. The molecule has 0 spiro atoms. The van der Waals surface area contributed by atoms with Gasteiger partial charge >= 0.3 is 0 Å². The summed E-state index contributed by atoms with van der Waals surface area (Å²) in [6.07, 6.45) is 0. The molecular weight excluding hydrogens is 322 g/mol. The predicted molar refractivity (Wildman–Crippen MR) is 87.1 cm³/mol. The Hall–Kier alpha value is -1.92. The highest BCUT2D eigenvalue weighted by molar-refractivity contribution is 7.16. The number of hydrogen-bond acceptors (Lipinski definition) is 5. The van der Waals surface area contributed by atoms with Gasteiger partial charge in [0.1, 0.15) is 17.4 Å². The van der Waals surface area contributed by atoms with Crippen molar-refractivity contribution in [2.24, 2.45) is 0 Å². The van der Waals surface area contributed by atoms with Crippen LogP contribution in [-0.2, 0) is 6.61 Å². The van der Waals surface area contributed by atoms with Gasteiger partial charge in [0.05, 0.1) is 5.69 Å². The highest BCUT2D eigenvalue weighted by atomic mass is 35.5. The van der Waals surface area contributed by atoms with E-state index in [1.54, 1.807) is 0 Å². The lowest BCUT2D eigenvalue weighted by Crippen LogP contribution is -2.16. The molecule has 2 heterocycles. The van der Waals surface area contributed by atoms with Gasteiger partial charge in [0, 0.05) is 11.1 Å². The second kappa shape index (κ2) is 5.70. The first-order valence-electron chi connectivity index (χ1n) is 6.70. The molecule has 114 valence electrons. The molecule has 3 rings (SSSR count). The molecule has 3 aromatic rings. The van der Waals surface area contributed by atoms with Gasteiger partial charge in [-0.3, -0.25) is 4.79 Å². The minimum absolute atomic E-state index is 0.198. The molecule has 0 aliphatic rings. The number of benzene rings is 1. The molecule has 5 nitrogen and oxygen atoms in total. The summed E-state index contributed by atoms with van der Waals surface area (Å²) in [5.74, 6) is 0.710. The Bertz CT molecular complexity index is 894. The molecule has 0 aliphatic heterocycles. The lowest BCUT2D eigenvalue weighted by atomic mass is 10.1. The first-order chi connectivity index (χ1) is 10.4. The second-order valence-electron chi connectivity index (χ2n) is 5.06. The third-order valence-corrected chi connectivity index (χ3v) is 4.62. The van der Waals surface area contributed by atoms with E-state index >= 15 is 0 Å².